The van der Waals surface area contributed by atoms with E-state index in [1.165, 1.54) is 71.8 Å². The second-order valence-electron chi connectivity index (χ2n) is 16.1. The lowest BCUT2D eigenvalue weighted by molar-refractivity contribution is 0.661. The van der Waals surface area contributed by atoms with Crippen molar-refractivity contribution in [1.82, 2.24) is 9.97 Å². The van der Waals surface area contributed by atoms with Crippen molar-refractivity contribution in [2.24, 2.45) is 0 Å². The normalized spacial score (nSPS) is 12.7. The third-order valence-electron chi connectivity index (χ3n) is 12.3. The molecule has 10 aromatic rings. The number of hydrogen-bond acceptors (Lipinski definition) is 2. The highest BCUT2D eigenvalue weighted by molar-refractivity contribution is 6.05. The Balaban J connectivity index is 0.961. The SMILES string of the molecule is CC1(C)c2cc(-c3ccc(-c4ccc(-c5nc(-c6ccccc6)cc(-c6ccc(-c7ccccc7)cc6)n5)c5ccccc45)cc3)ccc2-c2c1ccc1ccccc21. The predicted molar refractivity (Wildman–Crippen MR) is 247 cm³/mol. The van der Waals surface area contributed by atoms with Crippen LogP contribution >= 0.6 is 0 Å². The van der Waals surface area contributed by atoms with Crippen LogP contribution in [-0.2, 0) is 5.41 Å². The van der Waals surface area contributed by atoms with Crippen molar-refractivity contribution in [2.75, 3.05) is 0 Å². The Labute approximate surface area is 345 Å². The summed E-state index contributed by atoms with van der Waals surface area (Å²) in [6, 6.07) is 74.2. The molecule has 2 nitrogen and oxygen atoms in total. The molecule has 1 aliphatic carbocycles. The lowest BCUT2D eigenvalue weighted by Crippen LogP contribution is -2.15. The van der Waals surface area contributed by atoms with Gasteiger partial charge in [0, 0.05) is 22.1 Å². The minimum atomic E-state index is -0.0800. The molecule has 0 fully saturated rings. The number of hydrogen-bond donors (Lipinski definition) is 0. The van der Waals surface area contributed by atoms with Crippen molar-refractivity contribution >= 4 is 21.5 Å². The Bertz CT molecular complexity index is 3200. The highest BCUT2D eigenvalue weighted by atomic mass is 14.9. The second kappa shape index (κ2) is 13.9. The van der Waals surface area contributed by atoms with Crippen LogP contribution in [0.3, 0.4) is 0 Å². The molecular weight excluding hydrogens is 713 g/mol. The fraction of sp³-hybridized carbons (Fsp3) is 0.0526. The first-order valence-electron chi connectivity index (χ1n) is 20.4. The molecule has 11 rings (SSSR count). The van der Waals surface area contributed by atoms with Crippen LogP contribution in [-0.4, -0.2) is 9.97 Å². The monoisotopic (exact) mass is 752 g/mol. The van der Waals surface area contributed by atoms with Gasteiger partial charge in [0.05, 0.1) is 11.4 Å². The van der Waals surface area contributed by atoms with Crippen molar-refractivity contribution in [3.05, 3.63) is 217 Å². The molecule has 0 amide bonds. The van der Waals surface area contributed by atoms with Gasteiger partial charge in [-0.3, -0.25) is 0 Å². The minimum Gasteiger partial charge on any atom is -0.228 e. The number of benzene rings is 9. The van der Waals surface area contributed by atoms with Gasteiger partial charge in [-0.25, -0.2) is 9.97 Å². The molecule has 59 heavy (non-hydrogen) atoms. The molecule has 2 heteroatoms. The van der Waals surface area contributed by atoms with E-state index in [0.717, 1.165) is 33.5 Å². The number of aromatic nitrogens is 2. The summed E-state index contributed by atoms with van der Waals surface area (Å²) in [6.07, 6.45) is 0. The fourth-order valence-electron chi connectivity index (χ4n) is 9.21. The fourth-order valence-corrected chi connectivity index (χ4v) is 9.21. The van der Waals surface area contributed by atoms with Gasteiger partial charge in [-0.05, 0) is 95.4 Å². The molecule has 9 aromatic carbocycles. The van der Waals surface area contributed by atoms with E-state index in [1.807, 2.05) is 12.1 Å². The molecule has 1 heterocycles. The molecule has 0 saturated carbocycles. The van der Waals surface area contributed by atoms with E-state index in [2.05, 4.69) is 208 Å². The van der Waals surface area contributed by atoms with Crippen LogP contribution in [0.5, 0.6) is 0 Å². The van der Waals surface area contributed by atoms with Gasteiger partial charge in [-0.2, -0.15) is 0 Å². The minimum absolute atomic E-state index is 0.0800. The maximum atomic E-state index is 5.25. The van der Waals surface area contributed by atoms with E-state index in [4.69, 9.17) is 9.97 Å². The van der Waals surface area contributed by atoms with Gasteiger partial charge in [0.1, 0.15) is 0 Å². The van der Waals surface area contributed by atoms with Crippen molar-refractivity contribution in [2.45, 2.75) is 19.3 Å². The van der Waals surface area contributed by atoms with E-state index < -0.39 is 0 Å². The molecule has 0 spiro atoms. The number of nitrogens with zero attached hydrogens (tertiary/aromatic N) is 2. The van der Waals surface area contributed by atoms with Gasteiger partial charge in [0.15, 0.2) is 5.82 Å². The zero-order valence-corrected chi connectivity index (χ0v) is 33.0. The molecule has 0 saturated heterocycles. The summed E-state index contributed by atoms with van der Waals surface area (Å²) in [5, 5.41) is 4.91. The van der Waals surface area contributed by atoms with Crippen LogP contribution < -0.4 is 0 Å². The molecule has 0 unspecified atom stereocenters. The Morgan fingerprint density at radius 3 is 1.49 bits per heavy atom. The average molecular weight is 753 g/mol. The summed E-state index contributed by atoms with van der Waals surface area (Å²) >= 11 is 0. The van der Waals surface area contributed by atoms with Gasteiger partial charge in [-0.1, -0.05) is 202 Å². The summed E-state index contributed by atoms with van der Waals surface area (Å²) in [6.45, 7) is 4.72. The summed E-state index contributed by atoms with van der Waals surface area (Å²) in [5.74, 6) is 0.710. The number of fused-ring (bicyclic) bond motifs is 6. The zero-order chi connectivity index (χ0) is 39.5. The van der Waals surface area contributed by atoms with E-state index in [-0.39, 0.29) is 5.41 Å². The zero-order valence-electron chi connectivity index (χ0n) is 33.0. The smallest absolute Gasteiger partial charge is 0.161 e. The van der Waals surface area contributed by atoms with Gasteiger partial charge in [-0.15, -0.1) is 0 Å². The van der Waals surface area contributed by atoms with Crippen LogP contribution in [0.25, 0.3) is 100.0 Å². The lowest BCUT2D eigenvalue weighted by Gasteiger charge is -2.22. The van der Waals surface area contributed by atoms with Gasteiger partial charge in [0.25, 0.3) is 0 Å². The average Bonchev–Trinajstić information content (AvgIpc) is 3.54. The largest absolute Gasteiger partial charge is 0.228 e. The Morgan fingerprint density at radius 1 is 0.322 bits per heavy atom. The quantitative estimate of drug-likeness (QED) is 0.169. The third-order valence-corrected chi connectivity index (χ3v) is 12.3. The van der Waals surface area contributed by atoms with E-state index in [0.29, 0.717) is 5.82 Å². The maximum Gasteiger partial charge on any atom is 0.161 e. The van der Waals surface area contributed by atoms with E-state index in [1.54, 1.807) is 0 Å². The molecule has 0 atom stereocenters. The van der Waals surface area contributed by atoms with E-state index >= 15 is 0 Å². The Hall–Kier alpha value is -7.42. The Morgan fingerprint density at radius 2 is 0.797 bits per heavy atom. The highest BCUT2D eigenvalue weighted by Crippen LogP contribution is 2.52. The van der Waals surface area contributed by atoms with Crippen LogP contribution in [0, 0.1) is 0 Å². The lowest BCUT2D eigenvalue weighted by atomic mass is 9.81. The van der Waals surface area contributed by atoms with Crippen molar-refractivity contribution < 1.29 is 0 Å². The maximum absolute atomic E-state index is 5.25. The first-order chi connectivity index (χ1) is 29.0. The van der Waals surface area contributed by atoms with Crippen LogP contribution in [0.4, 0.5) is 0 Å². The van der Waals surface area contributed by atoms with Crippen molar-refractivity contribution in [3.8, 4) is 78.4 Å². The standard InChI is InChI=1S/C57H40N2/c1-57(2)51-34-30-40-15-9-10-18-46(40)55(51)50-31-29-44(35-52(50)57)39-21-25-41(26-22-39)45-32-33-49(48-20-12-11-19-47(45)48)56-58-53(42-16-7-4-8-17-42)36-54(59-56)43-27-23-38(24-28-43)37-13-5-3-6-14-37/h3-36H,1-2H3. The van der Waals surface area contributed by atoms with Crippen LogP contribution in [0.2, 0.25) is 0 Å². The topological polar surface area (TPSA) is 25.8 Å². The van der Waals surface area contributed by atoms with Gasteiger partial charge < -0.3 is 0 Å². The Kier molecular flexibility index (Phi) is 8.20. The summed E-state index contributed by atoms with van der Waals surface area (Å²) in [4.78, 5) is 10.5. The first-order valence-corrected chi connectivity index (χ1v) is 20.4. The highest BCUT2D eigenvalue weighted by Gasteiger charge is 2.36. The van der Waals surface area contributed by atoms with Gasteiger partial charge in [0.2, 0.25) is 0 Å². The molecule has 1 aliphatic rings. The molecule has 0 radical (unpaired) electrons. The molecule has 0 bridgehead atoms. The predicted octanol–water partition coefficient (Wildman–Crippen LogP) is 15.1. The van der Waals surface area contributed by atoms with Crippen LogP contribution in [0.15, 0.2) is 206 Å². The molecular formula is C57H40N2. The molecule has 278 valence electrons. The molecule has 0 aliphatic heterocycles. The second-order valence-corrected chi connectivity index (χ2v) is 16.1. The summed E-state index contributed by atoms with van der Waals surface area (Å²) in [7, 11) is 0. The summed E-state index contributed by atoms with van der Waals surface area (Å²) in [5.41, 5.74) is 17.5. The molecule has 1 aromatic heterocycles. The third kappa shape index (κ3) is 5.96. The first kappa shape index (κ1) is 34.8. The van der Waals surface area contributed by atoms with Crippen molar-refractivity contribution in [1.29, 1.82) is 0 Å². The van der Waals surface area contributed by atoms with Crippen LogP contribution in [0.1, 0.15) is 25.0 Å². The molecule has 0 N–H and O–H groups in total. The van der Waals surface area contributed by atoms with Crippen molar-refractivity contribution in [3.63, 3.8) is 0 Å². The number of rotatable bonds is 6. The van der Waals surface area contributed by atoms with Gasteiger partial charge >= 0.3 is 0 Å². The summed E-state index contributed by atoms with van der Waals surface area (Å²) < 4.78 is 0. The van der Waals surface area contributed by atoms with E-state index in [9.17, 15) is 0 Å².